The Hall–Kier alpha value is -2.87. The first-order valence-electron chi connectivity index (χ1n) is 10.5. The zero-order chi connectivity index (χ0) is 22.3. The van der Waals surface area contributed by atoms with Crippen LogP contribution in [0.15, 0.2) is 42.5 Å². The van der Waals surface area contributed by atoms with E-state index in [1.807, 2.05) is 0 Å². The number of amides is 2. The summed E-state index contributed by atoms with van der Waals surface area (Å²) < 4.78 is 25.6. The van der Waals surface area contributed by atoms with Gasteiger partial charge >= 0.3 is 0 Å². The van der Waals surface area contributed by atoms with E-state index in [4.69, 9.17) is 0 Å². The first-order valence-corrected chi connectivity index (χ1v) is 12.1. The maximum Gasteiger partial charge on any atom is 0.254 e. The van der Waals surface area contributed by atoms with E-state index in [2.05, 4.69) is 36.9 Å². The van der Waals surface area contributed by atoms with Gasteiger partial charge in [0.25, 0.3) is 5.91 Å². The van der Waals surface area contributed by atoms with Crippen molar-refractivity contribution in [3.05, 3.63) is 59.2 Å². The molecule has 0 aromatic heterocycles. The van der Waals surface area contributed by atoms with Crippen molar-refractivity contribution in [2.45, 2.75) is 20.8 Å². The number of hydrogen-bond acceptors (Lipinski definition) is 5. The molecule has 7 nitrogen and oxygen atoms in total. The molecule has 2 amide bonds. The molecule has 8 heteroatoms. The molecule has 2 fully saturated rings. The van der Waals surface area contributed by atoms with Gasteiger partial charge in [-0.05, 0) is 49.2 Å². The number of carbonyl (C=O) groups excluding carboxylic acids is 2. The minimum Gasteiger partial charge on any atom is -0.368 e. The predicted octanol–water partition coefficient (Wildman–Crippen LogP) is 2.58. The summed E-state index contributed by atoms with van der Waals surface area (Å²) in [7, 11) is -3.70. The van der Waals surface area contributed by atoms with Crippen LogP contribution in [0, 0.1) is 19.8 Å². The van der Waals surface area contributed by atoms with Crippen molar-refractivity contribution in [1.29, 1.82) is 0 Å². The fraction of sp³-hybridized carbons (Fsp3) is 0.391. The van der Waals surface area contributed by atoms with E-state index in [0.29, 0.717) is 18.7 Å². The summed E-state index contributed by atoms with van der Waals surface area (Å²) in [6.07, 6.45) is 0. The summed E-state index contributed by atoms with van der Waals surface area (Å²) >= 11 is 0. The van der Waals surface area contributed by atoms with E-state index < -0.39 is 21.8 Å². The van der Waals surface area contributed by atoms with Gasteiger partial charge in [-0.1, -0.05) is 25.1 Å². The number of carbonyl (C=O) groups is 2. The van der Waals surface area contributed by atoms with Crippen LogP contribution in [-0.4, -0.2) is 57.1 Å². The van der Waals surface area contributed by atoms with Crippen molar-refractivity contribution < 1.29 is 18.0 Å². The van der Waals surface area contributed by atoms with Gasteiger partial charge in [0, 0.05) is 37.4 Å². The Labute approximate surface area is 183 Å². The molecule has 4 rings (SSSR count). The highest BCUT2D eigenvalue weighted by Crippen LogP contribution is 2.29. The first-order chi connectivity index (χ1) is 14.7. The van der Waals surface area contributed by atoms with Crippen LogP contribution in [0.3, 0.4) is 0 Å². The van der Waals surface area contributed by atoms with Crippen molar-refractivity contribution in [2.24, 2.45) is 5.92 Å². The average molecular weight is 442 g/mol. The summed E-state index contributed by atoms with van der Waals surface area (Å²) in [5, 5.41) is 0. The van der Waals surface area contributed by atoms with Crippen molar-refractivity contribution >= 4 is 33.2 Å². The number of anilines is 2. The van der Waals surface area contributed by atoms with Gasteiger partial charge in [0.05, 0.1) is 17.4 Å². The predicted molar refractivity (Wildman–Crippen MR) is 121 cm³/mol. The highest BCUT2D eigenvalue weighted by atomic mass is 32.2. The Bertz CT molecular complexity index is 1140. The van der Waals surface area contributed by atoms with Crippen LogP contribution in [-0.2, 0) is 14.8 Å². The average Bonchev–Trinajstić information content (AvgIpc) is 2.96. The smallest absolute Gasteiger partial charge is 0.254 e. The van der Waals surface area contributed by atoms with Crippen LogP contribution in [0.1, 0.15) is 28.4 Å². The second-order valence-electron chi connectivity index (χ2n) is 8.33. The van der Waals surface area contributed by atoms with Crippen molar-refractivity contribution in [1.82, 2.24) is 4.90 Å². The van der Waals surface area contributed by atoms with E-state index in [9.17, 15) is 18.0 Å². The molecule has 2 heterocycles. The molecule has 2 aromatic rings. The number of benzene rings is 2. The summed E-state index contributed by atoms with van der Waals surface area (Å²) in [6.45, 7) is 8.42. The topological polar surface area (TPSA) is 78.0 Å². The van der Waals surface area contributed by atoms with Crippen molar-refractivity contribution in [3.8, 4) is 0 Å². The van der Waals surface area contributed by atoms with E-state index in [0.717, 1.165) is 17.4 Å². The Balaban J connectivity index is 1.50. The molecular weight excluding hydrogens is 414 g/mol. The molecule has 0 aliphatic carbocycles. The van der Waals surface area contributed by atoms with Gasteiger partial charge < -0.3 is 9.80 Å². The van der Waals surface area contributed by atoms with Crippen LogP contribution in [0.2, 0.25) is 0 Å². The molecular formula is C23H27N3O4S. The van der Waals surface area contributed by atoms with Crippen LogP contribution in [0.5, 0.6) is 0 Å². The second kappa shape index (κ2) is 8.00. The zero-order valence-corrected chi connectivity index (χ0v) is 18.9. The van der Waals surface area contributed by atoms with Crippen molar-refractivity contribution in [2.75, 3.05) is 41.1 Å². The number of piperazine rings is 1. The fourth-order valence-electron chi connectivity index (χ4n) is 4.26. The van der Waals surface area contributed by atoms with E-state index in [1.54, 1.807) is 30.0 Å². The van der Waals surface area contributed by atoms with Crippen LogP contribution >= 0.6 is 0 Å². The third-order valence-corrected chi connectivity index (χ3v) is 8.04. The first kappa shape index (κ1) is 21.4. The largest absolute Gasteiger partial charge is 0.368 e. The maximum absolute atomic E-state index is 13.1. The van der Waals surface area contributed by atoms with Crippen LogP contribution in [0.25, 0.3) is 0 Å². The number of sulfonamides is 1. The van der Waals surface area contributed by atoms with Gasteiger partial charge in [0.2, 0.25) is 15.9 Å². The summed E-state index contributed by atoms with van der Waals surface area (Å²) in [5.41, 5.74) is 4.31. The molecule has 1 atom stereocenters. The summed E-state index contributed by atoms with van der Waals surface area (Å²) in [4.78, 5) is 29.5. The summed E-state index contributed by atoms with van der Waals surface area (Å²) in [5.74, 6) is -1.39. The molecule has 2 saturated heterocycles. The highest BCUT2D eigenvalue weighted by molar-refractivity contribution is 7.94. The standard InChI is InChI=1S/C23H27N3O4S/c1-16-6-4-9-21(18(16)3)24-10-12-25(13-11-24)23(28)19-7-5-8-20(14-19)26-22(27)17(2)15-31(26,29)30/h4-9,14,17H,10-13,15H2,1-3H3/t17-/m0/s1. The normalized spacial score (nSPS) is 20.9. The molecule has 164 valence electrons. The SMILES string of the molecule is Cc1cccc(N2CCN(C(=O)c3cccc(N4C(=O)[C@@H](C)CS4(=O)=O)c3)CC2)c1C. The van der Waals surface area contributed by atoms with Gasteiger partial charge in [0.15, 0.2) is 0 Å². The lowest BCUT2D eigenvalue weighted by molar-refractivity contribution is -0.119. The second-order valence-corrected chi connectivity index (χ2v) is 10.2. The molecule has 0 spiro atoms. The Morgan fingerprint density at radius 3 is 2.32 bits per heavy atom. The maximum atomic E-state index is 13.1. The summed E-state index contributed by atoms with van der Waals surface area (Å²) in [6, 6.07) is 12.6. The van der Waals surface area contributed by atoms with Gasteiger partial charge in [0.1, 0.15) is 0 Å². The lowest BCUT2D eigenvalue weighted by Crippen LogP contribution is -2.49. The number of aryl methyl sites for hydroxylation is 1. The van der Waals surface area contributed by atoms with E-state index in [1.165, 1.54) is 22.9 Å². The molecule has 2 aliphatic rings. The quantitative estimate of drug-likeness (QED) is 0.732. The number of rotatable bonds is 3. The van der Waals surface area contributed by atoms with Crippen LogP contribution < -0.4 is 9.21 Å². The highest BCUT2D eigenvalue weighted by Gasteiger charge is 2.42. The van der Waals surface area contributed by atoms with Gasteiger partial charge in [-0.2, -0.15) is 0 Å². The number of hydrogen-bond donors (Lipinski definition) is 0. The monoisotopic (exact) mass is 441 g/mol. The third-order valence-electron chi connectivity index (χ3n) is 6.17. The van der Waals surface area contributed by atoms with E-state index in [-0.39, 0.29) is 17.3 Å². The molecule has 0 saturated carbocycles. The molecule has 0 N–H and O–H groups in total. The lowest BCUT2D eigenvalue weighted by Gasteiger charge is -2.37. The Kier molecular flexibility index (Phi) is 5.51. The van der Waals surface area contributed by atoms with Crippen LogP contribution in [0.4, 0.5) is 11.4 Å². The molecule has 2 aromatic carbocycles. The third kappa shape index (κ3) is 3.92. The van der Waals surface area contributed by atoms with Gasteiger partial charge in [-0.25, -0.2) is 12.7 Å². The minimum atomic E-state index is -3.70. The fourth-order valence-corrected chi connectivity index (χ4v) is 6.08. The Morgan fingerprint density at radius 2 is 1.68 bits per heavy atom. The molecule has 31 heavy (non-hydrogen) atoms. The lowest BCUT2D eigenvalue weighted by atomic mass is 10.1. The number of nitrogens with zero attached hydrogens (tertiary/aromatic N) is 3. The molecule has 0 unspecified atom stereocenters. The van der Waals surface area contributed by atoms with Gasteiger partial charge in [-0.15, -0.1) is 0 Å². The molecule has 0 radical (unpaired) electrons. The van der Waals surface area contributed by atoms with E-state index >= 15 is 0 Å². The molecule has 2 aliphatic heterocycles. The zero-order valence-electron chi connectivity index (χ0n) is 18.0. The molecule has 0 bridgehead atoms. The van der Waals surface area contributed by atoms with Gasteiger partial charge in [-0.3, -0.25) is 9.59 Å². The minimum absolute atomic E-state index is 0.153. The van der Waals surface area contributed by atoms with Crippen molar-refractivity contribution in [3.63, 3.8) is 0 Å². The Morgan fingerprint density at radius 1 is 1.00 bits per heavy atom.